The molecule has 1 N–H and O–H groups in total. The van der Waals surface area contributed by atoms with Crippen molar-refractivity contribution in [3.8, 4) is 0 Å². The molecule has 1 nitrogen and oxygen atoms in total. The lowest BCUT2D eigenvalue weighted by Gasteiger charge is -2.27. The van der Waals surface area contributed by atoms with E-state index in [0.29, 0.717) is 0 Å². The van der Waals surface area contributed by atoms with Crippen molar-refractivity contribution in [2.75, 3.05) is 6.61 Å². The Hall–Kier alpha value is -0.820. The summed E-state index contributed by atoms with van der Waals surface area (Å²) in [6.07, 6.45) is 2.14. The van der Waals surface area contributed by atoms with Crippen molar-refractivity contribution in [2.45, 2.75) is 32.1 Å². The Balaban J connectivity index is 2.89. The Morgan fingerprint density at radius 1 is 1.23 bits per heavy atom. The fraction of sp³-hybridized carbons (Fsp3) is 0.500. The molecule has 0 radical (unpaired) electrons. The first-order valence-corrected chi connectivity index (χ1v) is 4.89. The Morgan fingerprint density at radius 2 is 1.85 bits per heavy atom. The van der Waals surface area contributed by atoms with Gasteiger partial charge in [0.2, 0.25) is 0 Å². The second kappa shape index (κ2) is 4.43. The third-order valence-corrected chi connectivity index (χ3v) is 2.62. The van der Waals surface area contributed by atoms with Gasteiger partial charge in [-0.25, -0.2) is 0 Å². The van der Waals surface area contributed by atoms with Gasteiger partial charge in [-0.15, -0.1) is 0 Å². The third-order valence-electron chi connectivity index (χ3n) is 2.62. The van der Waals surface area contributed by atoms with Crippen molar-refractivity contribution in [1.29, 1.82) is 0 Å². The number of hydrogen-bond acceptors (Lipinski definition) is 1. The molecule has 1 aromatic rings. The fourth-order valence-corrected chi connectivity index (χ4v) is 1.71. The molecule has 0 aromatic heterocycles. The van der Waals surface area contributed by atoms with E-state index in [1.807, 2.05) is 18.2 Å². The molecule has 0 aliphatic heterocycles. The minimum atomic E-state index is -0.0595. The van der Waals surface area contributed by atoms with Gasteiger partial charge in [-0.2, -0.15) is 0 Å². The maximum absolute atomic E-state index is 9.37. The van der Waals surface area contributed by atoms with E-state index in [-0.39, 0.29) is 12.0 Å². The molecule has 0 fully saturated rings. The third kappa shape index (κ3) is 2.31. The van der Waals surface area contributed by atoms with Gasteiger partial charge in [-0.1, -0.05) is 50.6 Å². The lowest BCUT2D eigenvalue weighted by atomic mass is 9.79. The van der Waals surface area contributed by atoms with E-state index in [9.17, 15) is 5.11 Å². The molecule has 0 bridgehead atoms. The largest absolute Gasteiger partial charge is 0.395 e. The summed E-state index contributed by atoms with van der Waals surface area (Å²) in [7, 11) is 0. The van der Waals surface area contributed by atoms with Gasteiger partial charge in [-0.3, -0.25) is 0 Å². The molecule has 1 unspecified atom stereocenters. The molecular formula is C12H18O. The SMILES string of the molecule is CCCC(C)(CO)c1ccccc1. The Bertz CT molecular complexity index is 243. The number of aliphatic hydroxyl groups is 1. The monoisotopic (exact) mass is 178 g/mol. The van der Waals surface area contributed by atoms with E-state index in [0.717, 1.165) is 12.8 Å². The summed E-state index contributed by atoms with van der Waals surface area (Å²) in [4.78, 5) is 0. The standard InChI is InChI=1S/C12H18O/c1-3-9-12(2,10-13)11-7-5-4-6-8-11/h4-8,13H,3,9-10H2,1-2H3. The fourth-order valence-electron chi connectivity index (χ4n) is 1.71. The molecule has 0 heterocycles. The van der Waals surface area contributed by atoms with Crippen LogP contribution in [0.1, 0.15) is 32.3 Å². The van der Waals surface area contributed by atoms with Crippen LogP contribution in [0.25, 0.3) is 0 Å². The van der Waals surface area contributed by atoms with Crippen LogP contribution in [0.4, 0.5) is 0 Å². The molecular weight excluding hydrogens is 160 g/mol. The van der Waals surface area contributed by atoms with Gasteiger partial charge in [0.05, 0.1) is 6.61 Å². The lowest BCUT2D eigenvalue weighted by Crippen LogP contribution is -2.26. The van der Waals surface area contributed by atoms with Gasteiger partial charge in [0.1, 0.15) is 0 Å². The number of benzene rings is 1. The normalized spacial score (nSPS) is 15.3. The van der Waals surface area contributed by atoms with Gasteiger partial charge in [-0.05, 0) is 12.0 Å². The smallest absolute Gasteiger partial charge is 0.0525 e. The lowest BCUT2D eigenvalue weighted by molar-refractivity contribution is 0.196. The minimum absolute atomic E-state index is 0.0595. The first kappa shape index (κ1) is 10.3. The van der Waals surface area contributed by atoms with Crippen molar-refractivity contribution in [1.82, 2.24) is 0 Å². The molecule has 1 heteroatoms. The Morgan fingerprint density at radius 3 is 2.31 bits per heavy atom. The first-order chi connectivity index (χ1) is 6.23. The molecule has 13 heavy (non-hydrogen) atoms. The highest BCUT2D eigenvalue weighted by Crippen LogP contribution is 2.27. The van der Waals surface area contributed by atoms with E-state index >= 15 is 0 Å². The van der Waals surface area contributed by atoms with E-state index < -0.39 is 0 Å². The molecule has 0 spiro atoms. The Labute approximate surface area is 80.4 Å². The van der Waals surface area contributed by atoms with Crippen molar-refractivity contribution >= 4 is 0 Å². The van der Waals surface area contributed by atoms with Crippen molar-refractivity contribution in [3.05, 3.63) is 35.9 Å². The summed E-state index contributed by atoms with van der Waals surface area (Å²) in [6.45, 7) is 4.49. The predicted octanol–water partition coefficient (Wildman–Crippen LogP) is 2.74. The summed E-state index contributed by atoms with van der Waals surface area (Å²) >= 11 is 0. The summed E-state index contributed by atoms with van der Waals surface area (Å²) in [5, 5.41) is 9.37. The molecule has 0 saturated heterocycles. The molecule has 0 amide bonds. The average molecular weight is 178 g/mol. The van der Waals surface area contributed by atoms with E-state index in [1.54, 1.807) is 0 Å². The maximum Gasteiger partial charge on any atom is 0.0525 e. The number of aliphatic hydroxyl groups excluding tert-OH is 1. The summed E-state index contributed by atoms with van der Waals surface area (Å²) in [5.74, 6) is 0. The summed E-state index contributed by atoms with van der Waals surface area (Å²) in [6, 6.07) is 10.2. The van der Waals surface area contributed by atoms with Crippen LogP contribution >= 0.6 is 0 Å². The Kier molecular flexibility index (Phi) is 3.49. The van der Waals surface area contributed by atoms with Crippen molar-refractivity contribution < 1.29 is 5.11 Å². The molecule has 1 atom stereocenters. The zero-order valence-electron chi connectivity index (χ0n) is 8.46. The van der Waals surface area contributed by atoms with Crippen LogP contribution in [0.2, 0.25) is 0 Å². The second-order valence-electron chi connectivity index (χ2n) is 3.83. The van der Waals surface area contributed by atoms with Crippen LogP contribution in [0.5, 0.6) is 0 Å². The van der Waals surface area contributed by atoms with Crippen LogP contribution in [0, 0.1) is 0 Å². The van der Waals surface area contributed by atoms with Crippen LogP contribution in [0.3, 0.4) is 0 Å². The highest BCUT2D eigenvalue weighted by molar-refractivity contribution is 5.24. The van der Waals surface area contributed by atoms with Crippen LogP contribution < -0.4 is 0 Å². The van der Waals surface area contributed by atoms with Crippen molar-refractivity contribution in [2.24, 2.45) is 0 Å². The molecule has 72 valence electrons. The first-order valence-electron chi connectivity index (χ1n) is 4.89. The summed E-state index contributed by atoms with van der Waals surface area (Å²) in [5.41, 5.74) is 1.18. The van der Waals surface area contributed by atoms with Gasteiger partial charge in [0.15, 0.2) is 0 Å². The number of rotatable bonds is 4. The maximum atomic E-state index is 9.37. The quantitative estimate of drug-likeness (QED) is 0.751. The highest BCUT2D eigenvalue weighted by Gasteiger charge is 2.23. The van der Waals surface area contributed by atoms with Gasteiger partial charge in [0, 0.05) is 5.41 Å². The predicted molar refractivity (Wildman–Crippen MR) is 55.8 cm³/mol. The van der Waals surface area contributed by atoms with Crippen LogP contribution in [-0.2, 0) is 5.41 Å². The summed E-state index contributed by atoms with van der Waals surface area (Å²) < 4.78 is 0. The minimum Gasteiger partial charge on any atom is -0.395 e. The van der Waals surface area contributed by atoms with Gasteiger partial charge in [0.25, 0.3) is 0 Å². The highest BCUT2D eigenvalue weighted by atomic mass is 16.3. The molecule has 1 rings (SSSR count). The van der Waals surface area contributed by atoms with E-state index in [1.165, 1.54) is 5.56 Å². The van der Waals surface area contributed by atoms with Gasteiger partial charge >= 0.3 is 0 Å². The number of hydrogen-bond donors (Lipinski definition) is 1. The van der Waals surface area contributed by atoms with Gasteiger partial charge < -0.3 is 5.11 Å². The zero-order chi connectivity index (χ0) is 9.73. The molecule has 0 aliphatic rings. The molecule has 0 saturated carbocycles. The average Bonchev–Trinajstić information content (AvgIpc) is 2.19. The molecule has 1 aromatic carbocycles. The zero-order valence-corrected chi connectivity index (χ0v) is 8.46. The topological polar surface area (TPSA) is 20.2 Å². The van der Waals surface area contributed by atoms with Crippen LogP contribution in [0.15, 0.2) is 30.3 Å². The van der Waals surface area contributed by atoms with E-state index in [2.05, 4.69) is 26.0 Å². The van der Waals surface area contributed by atoms with E-state index in [4.69, 9.17) is 0 Å². The second-order valence-corrected chi connectivity index (χ2v) is 3.83. The molecule has 0 aliphatic carbocycles. The van der Waals surface area contributed by atoms with Crippen LogP contribution in [-0.4, -0.2) is 11.7 Å². The van der Waals surface area contributed by atoms with Crippen molar-refractivity contribution in [3.63, 3.8) is 0 Å².